The molecule has 0 aliphatic carbocycles. The van der Waals surface area contributed by atoms with Gasteiger partial charge in [0.2, 0.25) is 10.0 Å². The molecule has 0 fully saturated rings. The van der Waals surface area contributed by atoms with E-state index in [1.807, 2.05) is 18.3 Å². The second-order valence-electron chi connectivity index (χ2n) is 5.95. The van der Waals surface area contributed by atoms with Crippen LogP contribution in [0.3, 0.4) is 0 Å². The maximum Gasteiger partial charge on any atom is 0.240 e. The number of nitrogens with one attached hydrogen (secondary N) is 1. The summed E-state index contributed by atoms with van der Waals surface area (Å²) in [5, 5.41) is 0.980. The molecule has 0 radical (unpaired) electrons. The van der Waals surface area contributed by atoms with E-state index in [4.69, 9.17) is 0 Å². The molecule has 0 amide bonds. The quantitative estimate of drug-likeness (QED) is 0.685. The minimum absolute atomic E-state index is 0.140. The van der Waals surface area contributed by atoms with Crippen LogP contribution < -0.4 is 4.72 Å². The van der Waals surface area contributed by atoms with Crippen LogP contribution in [0.15, 0.2) is 47.6 Å². The minimum Gasteiger partial charge on any atom is -0.332 e. The fourth-order valence-electron chi connectivity index (χ4n) is 2.85. The molecule has 0 aliphatic rings. The predicted octanol–water partition coefficient (Wildman–Crippen LogP) is 3.25. The highest BCUT2D eigenvalue weighted by atomic mass is 32.2. The predicted molar refractivity (Wildman–Crippen MR) is 95.3 cm³/mol. The summed E-state index contributed by atoms with van der Waals surface area (Å²) in [5.74, 6) is -2.28. The van der Waals surface area contributed by atoms with Crippen molar-refractivity contribution in [1.29, 1.82) is 0 Å². The lowest BCUT2D eigenvalue weighted by Crippen LogP contribution is -2.26. The summed E-state index contributed by atoms with van der Waals surface area (Å²) in [7, 11) is -3.91. The Morgan fingerprint density at radius 1 is 1.19 bits per heavy atom. The van der Waals surface area contributed by atoms with Gasteiger partial charge >= 0.3 is 0 Å². The molecule has 1 aromatic carbocycles. The van der Waals surface area contributed by atoms with Crippen LogP contribution in [0.1, 0.15) is 18.9 Å². The smallest absolute Gasteiger partial charge is 0.240 e. The highest BCUT2D eigenvalue weighted by molar-refractivity contribution is 7.89. The van der Waals surface area contributed by atoms with Gasteiger partial charge in [0.25, 0.3) is 0 Å². The van der Waals surface area contributed by atoms with Crippen molar-refractivity contribution in [3.63, 3.8) is 0 Å². The summed E-state index contributed by atoms with van der Waals surface area (Å²) in [6.45, 7) is 3.04. The third kappa shape index (κ3) is 3.76. The molecule has 5 nitrogen and oxygen atoms in total. The summed E-state index contributed by atoms with van der Waals surface area (Å²) < 4.78 is 55.2. The maximum absolute atomic E-state index is 13.3. The molecular weight excluding hydrogens is 360 g/mol. The number of pyridine rings is 1. The van der Waals surface area contributed by atoms with E-state index in [0.717, 1.165) is 41.7 Å². The standard InChI is InChI=1S/C18H19F2N3O2S/c1-2-10-23-12-13(15-4-3-8-21-18(15)23)7-9-22-26(24,25)14-5-6-16(19)17(20)11-14/h3-6,8,11-12,22H,2,7,9-10H2,1H3. The lowest BCUT2D eigenvalue weighted by Gasteiger charge is -2.07. The molecule has 8 heteroatoms. The number of aryl methyl sites for hydroxylation is 1. The molecule has 0 aliphatic heterocycles. The van der Waals surface area contributed by atoms with Crippen LogP contribution in [-0.4, -0.2) is 24.5 Å². The molecule has 0 spiro atoms. The minimum atomic E-state index is -3.91. The van der Waals surface area contributed by atoms with E-state index in [9.17, 15) is 17.2 Å². The van der Waals surface area contributed by atoms with Crippen molar-refractivity contribution in [1.82, 2.24) is 14.3 Å². The number of nitrogens with zero attached hydrogens (tertiary/aromatic N) is 2. The molecular formula is C18H19F2N3O2S. The maximum atomic E-state index is 13.3. The lowest BCUT2D eigenvalue weighted by molar-refractivity contribution is 0.504. The van der Waals surface area contributed by atoms with Gasteiger partial charge in [0.15, 0.2) is 11.6 Å². The van der Waals surface area contributed by atoms with Gasteiger partial charge in [-0.3, -0.25) is 0 Å². The number of halogens is 2. The molecule has 0 unspecified atom stereocenters. The van der Waals surface area contributed by atoms with Crippen LogP contribution in [0.4, 0.5) is 8.78 Å². The SMILES string of the molecule is CCCn1cc(CCNS(=O)(=O)c2ccc(F)c(F)c2)c2cccnc21. The molecule has 0 bridgehead atoms. The fraction of sp³-hybridized carbons (Fsp3) is 0.278. The zero-order chi connectivity index (χ0) is 18.7. The van der Waals surface area contributed by atoms with E-state index in [2.05, 4.69) is 21.2 Å². The van der Waals surface area contributed by atoms with Gasteiger partial charge in [0, 0.05) is 30.9 Å². The topological polar surface area (TPSA) is 64.0 Å². The third-order valence-corrected chi connectivity index (χ3v) is 5.53. The largest absolute Gasteiger partial charge is 0.332 e. The normalized spacial score (nSPS) is 12.0. The molecule has 138 valence electrons. The molecule has 2 aromatic heterocycles. The van der Waals surface area contributed by atoms with Gasteiger partial charge in [0.1, 0.15) is 5.65 Å². The van der Waals surface area contributed by atoms with Crippen LogP contribution >= 0.6 is 0 Å². The first-order valence-electron chi connectivity index (χ1n) is 8.30. The summed E-state index contributed by atoms with van der Waals surface area (Å²) in [6, 6.07) is 6.31. The Bertz CT molecular complexity index is 1030. The second-order valence-corrected chi connectivity index (χ2v) is 7.71. The van der Waals surface area contributed by atoms with Crippen molar-refractivity contribution >= 4 is 21.1 Å². The number of rotatable bonds is 7. The average Bonchev–Trinajstić information content (AvgIpc) is 2.96. The lowest BCUT2D eigenvalue weighted by atomic mass is 10.2. The van der Waals surface area contributed by atoms with Gasteiger partial charge in [-0.25, -0.2) is 26.9 Å². The molecule has 0 atom stereocenters. The number of hydrogen-bond donors (Lipinski definition) is 1. The first kappa shape index (κ1) is 18.5. The third-order valence-electron chi connectivity index (χ3n) is 4.07. The van der Waals surface area contributed by atoms with E-state index in [-0.39, 0.29) is 11.4 Å². The van der Waals surface area contributed by atoms with Crippen LogP contribution in [0.25, 0.3) is 11.0 Å². The Labute approximate surface area is 150 Å². The van der Waals surface area contributed by atoms with Crippen LogP contribution in [0, 0.1) is 11.6 Å². The van der Waals surface area contributed by atoms with Crippen LogP contribution in [-0.2, 0) is 23.0 Å². The summed E-state index contributed by atoms with van der Waals surface area (Å²) in [5.41, 5.74) is 1.85. The Morgan fingerprint density at radius 3 is 2.73 bits per heavy atom. The van der Waals surface area contributed by atoms with E-state index in [0.29, 0.717) is 12.5 Å². The average molecular weight is 379 g/mol. The molecule has 3 aromatic rings. The Balaban J connectivity index is 1.75. The van der Waals surface area contributed by atoms with Crippen molar-refractivity contribution in [3.8, 4) is 0 Å². The van der Waals surface area contributed by atoms with Gasteiger partial charge in [0.05, 0.1) is 4.90 Å². The molecule has 0 saturated heterocycles. The van der Waals surface area contributed by atoms with Gasteiger partial charge in [-0.2, -0.15) is 0 Å². The number of benzene rings is 1. The Kier molecular flexibility index (Phi) is 5.33. The zero-order valence-corrected chi connectivity index (χ0v) is 15.1. The van der Waals surface area contributed by atoms with Gasteiger partial charge < -0.3 is 4.57 Å². The number of sulfonamides is 1. The second kappa shape index (κ2) is 7.51. The van der Waals surface area contributed by atoms with Gasteiger partial charge in [-0.1, -0.05) is 6.92 Å². The van der Waals surface area contributed by atoms with Crippen LogP contribution in [0.5, 0.6) is 0 Å². The van der Waals surface area contributed by atoms with Gasteiger partial charge in [-0.15, -0.1) is 0 Å². The van der Waals surface area contributed by atoms with E-state index >= 15 is 0 Å². The van der Waals surface area contributed by atoms with Gasteiger partial charge in [-0.05, 0) is 48.7 Å². The fourth-order valence-corrected chi connectivity index (χ4v) is 3.90. The van der Waals surface area contributed by atoms with E-state index in [1.54, 1.807) is 6.20 Å². The van der Waals surface area contributed by atoms with Crippen molar-refractivity contribution in [2.45, 2.75) is 31.2 Å². The number of hydrogen-bond acceptors (Lipinski definition) is 3. The van der Waals surface area contributed by atoms with E-state index in [1.165, 1.54) is 0 Å². The summed E-state index contributed by atoms with van der Waals surface area (Å²) >= 11 is 0. The van der Waals surface area contributed by atoms with Crippen molar-refractivity contribution in [2.24, 2.45) is 0 Å². The Hall–Kier alpha value is -2.32. The molecule has 3 rings (SSSR count). The van der Waals surface area contributed by atoms with Crippen molar-refractivity contribution in [3.05, 3.63) is 59.9 Å². The summed E-state index contributed by atoms with van der Waals surface area (Å²) in [4.78, 5) is 4.09. The molecule has 1 N–H and O–H groups in total. The number of aromatic nitrogens is 2. The number of fused-ring (bicyclic) bond motifs is 1. The van der Waals surface area contributed by atoms with Crippen molar-refractivity contribution < 1.29 is 17.2 Å². The highest BCUT2D eigenvalue weighted by Gasteiger charge is 2.17. The molecule has 2 heterocycles. The summed E-state index contributed by atoms with van der Waals surface area (Å²) in [6.07, 6.45) is 5.13. The van der Waals surface area contributed by atoms with Crippen molar-refractivity contribution in [2.75, 3.05) is 6.54 Å². The van der Waals surface area contributed by atoms with E-state index < -0.39 is 21.7 Å². The first-order chi connectivity index (χ1) is 12.4. The molecule has 0 saturated carbocycles. The van der Waals surface area contributed by atoms with Crippen LogP contribution in [0.2, 0.25) is 0 Å². The monoisotopic (exact) mass is 379 g/mol. The first-order valence-corrected chi connectivity index (χ1v) is 9.78. The molecule has 26 heavy (non-hydrogen) atoms. The Morgan fingerprint density at radius 2 is 2.00 bits per heavy atom. The highest BCUT2D eigenvalue weighted by Crippen LogP contribution is 2.20. The zero-order valence-electron chi connectivity index (χ0n) is 14.2.